The van der Waals surface area contributed by atoms with E-state index >= 15 is 0 Å². The summed E-state index contributed by atoms with van der Waals surface area (Å²) >= 11 is 0. The number of hydrazone groups is 1. The predicted molar refractivity (Wildman–Crippen MR) is 90.8 cm³/mol. The minimum Gasteiger partial charge on any atom is -0.505 e. The summed E-state index contributed by atoms with van der Waals surface area (Å²) in [5.74, 6) is 0.366. The van der Waals surface area contributed by atoms with Crippen LogP contribution in [0.4, 0.5) is 0 Å². The van der Waals surface area contributed by atoms with Crippen molar-refractivity contribution in [1.82, 2.24) is 10.4 Å². The van der Waals surface area contributed by atoms with Gasteiger partial charge < -0.3 is 19.7 Å². The van der Waals surface area contributed by atoms with Crippen LogP contribution >= 0.6 is 0 Å². The van der Waals surface area contributed by atoms with Crippen LogP contribution in [0.5, 0.6) is 17.2 Å². The minimum absolute atomic E-state index is 0.102. The second-order valence-corrected chi connectivity index (χ2v) is 5.02. The summed E-state index contributed by atoms with van der Waals surface area (Å²) in [6.45, 7) is 1.05. The number of hydrogen-bond acceptors (Lipinski definition) is 7. The van der Waals surface area contributed by atoms with E-state index in [2.05, 4.69) is 15.5 Å². The molecule has 8 nitrogen and oxygen atoms in total. The monoisotopic (exact) mass is 345 g/mol. The molecule has 132 valence electrons. The molecule has 25 heavy (non-hydrogen) atoms. The van der Waals surface area contributed by atoms with Crippen LogP contribution in [0.3, 0.4) is 0 Å². The van der Waals surface area contributed by atoms with Gasteiger partial charge in [-0.15, -0.1) is 0 Å². The maximum Gasteiger partial charge on any atom is 0.277 e. The van der Waals surface area contributed by atoms with Crippen LogP contribution in [0.25, 0.3) is 0 Å². The molecule has 1 aromatic heterocycles. The number of hydrogen-bond donors (Lipinski definition) is 3. The summed E-state index contributed by atoms with van der Waals surface area (Å²) in [4.78, 5) is 15.7. The van der Waals surface area contributed by atoms with Gasteiger partial charge in [-0.2, -0.15) is 5.10 Å². The van der Waals surface area contributed by atoms with Crippen molar-refractivity contribution in [3.63, 3.8) is 0 Å². The lowest BCUT2D eigenvalue weighted by Crippen LogP contribution is -2.24. The molecule has 1 aromatic carbocycles. The number of benzene rings is 1. The van der Waals surface area contributed by atoms with Crippen molar-refractivity contribution in [2.75, 3.05) is 13.7 Å². The Kier molecular flexibility index (Phi) is 6.30. The van der Waals surface area contributed by atoms with E-state index in [0.717, 1.165) is 0 Å². The largest absolute Gasteiger partial charge is 0.505 e. The van der Waals surface area contributed by atoms with Crippen molar-refractivity contribution in [2.24, 2.45) is 5.10 Å². The topological polar surface area (TPSA) is 113 Å². The molecule has 0 saturated heterocycles. The standard InChI is InChI=1S/C17H19N3O5/c1-11-17(23)13(12(9-21)7-18-11)8-19-20-16(22)10-25-15-6-4-3-5-14(15)24-2/h3-8,21,23H,9-10H2,1-2H3,(H,20,22)/b19-8+. The maximum atomic E-state index is 11.8. The Balaban J connectivity index is 1.96. The lowest BCUT2D eigenvalue weighted by Gasteiger charge is -2.09. The molecule has 3 N–H and O–H groups in total. The highest BCUT2D eigenvalue weighted by Crippen LogP contribution is 2.25. The number of aromatic nitrogens is 1. The second-order valence-electron chi connectivity index (χ2n) is 5.02. The lowest BCUT2D eigenvalue weighted by molar-refractivity contribution is -0.123. The van der Waals surface area contributed by atoms with Crippen molar-refractivity contribution in [2.45, 2.75) is 13.5 Å². The zero-order valence-electron chi connectivity index (χ0n) is 13.9. The first kappa shape index (κ1) is 18.2. The van der Waals surface area contributed by atoms with Crippen LogP contribution in [-0.4, -0.2) is 41.0 Å². The molecule has 0 aliphatic carbocycles. The number of methoxy groups -OCH3 is 1. The van der Waals surface area contributed by atoms with E-state index < -0.39 is 5.91 Å². The number of carbonyl (C=O) groups is 1. The molecule has 0 radical (unpaired) electrons. The molecule has 2 rings (SSSR count). The van der Waals surface area contributed by atoms with Gasteiger partial charge in [0.15, 0.2) is 18.1 Å². The van der Waals surface area contributed by atoms with Gasteiger partial charge in [0.25, 0.3) is 5.91 Å². The minimum atomic E-state index is -0.488. The van der Waals surface area contributed by atoms with Crippen LogP contribution < -0.4 is 14.9 Å². The van der Waals surface area contributed by atoms with Gasteiger partial charge in [-0.05, 0) is 19.1 Å². The Morgan fingerprint density at radius 3 is 2.76 bits per heavy atom. The third kappa shape index (κ3) is 4.67. The number of amides is 1. The van der Waals surface area contributed by atoms with Gasteiger partial charge in [0.1, 0.15) is 5.75 Å². The first-order valence-electron chi connectivity index (χ1n) is 7.42. The smallest absolute Gasteiger partial charge is 0.277 e. The van der Waals surface area contributed by atoms with Gasteiger partial charge in [-0.3, -0.25) is 9.78 Å². The molecule has 8 heteroatoms. The molecular weight excluding hydrogens is 326 g/mol. The number of aryl methyl sites for hydroxylation is 1. The Bertz CT molecular complexity index is 777. The predicted octanol–water partition coefficient (Wildman–Crippen LogP) is 1.13. The van der Waals surface area contributed by atoms with Gasteiger partial charge >= 0.3 is 0 Å². The molecular formula is C17H19N3O5. The number of para-hydroxylation sites is 2. The zero-order chi connectivity index (χ0) is 18.2. The van der Waals surface area contributed by atoms with E-state index in [0.29, 0.717) is 28.3 Å². The van der Waals surface area contributed by atoms with Crippen LogP contribution in [0.2, 0.25) is 0 Å². The Morgan fingerprint density at radius 1 is 1.36 bits per heavy atom. The molecule has 2 aromatic rings. The van der Waals surface area contributed by atoms with E-state index in [4.69, 9.17) is 9.47 Å². The van der Waals surface area contributed by atoms with E-state index in [1.807, 2.05) is 0 Å². The first-order valence-corrected chi connectivity index (χ1v) is 7.42. The summed E-state index contributed by atoms with van der Waals surface area (Å²) < 4.78 is 10.5. The van der Waals surface area contributed by atoms with E-state index in [1.54, 1.807) is 31.2 Å². The van der Waals surface area contributed by atoms with Crippen LogP contribution in [0.15, 0.2) is 35.6 Å². The fourth-order valence-electron chi connectivity index (χ4n) is 2.00. The van der Waals surface area contributed by atoms with Crippen LogP contribution in [-0.2, 0) is 11.4 Å². The molecule has 1 heterocycles. The average Bonchev–Trinajstić information content (AvgIpc) is 2.63. The third-order valence-electron chi connectivity index (χ3n) is 3.34. The molecule has 0 unspecified atom stereocenters. The molecule has 0 spiro atoms. The molecule has 0 bridgehead atoms. The summed E-state index contributed by atoms with van der Waals surface area (Å²) in [7, 11) is 1.51. The Morgan fingerprint density at radius 2 is 2.08 bits per heavy atom. The van der Waals surface area contributed by atoms with Crippen molar-refractivity contribution in [1.29, 1.82) is 0 Å². The quantitative estimate of drug-likeness (QED) is 0.512. The molecule has 0 aliphatic rings. The number of nitrogens with zero attached hydrogens (tertiary/aromatic N) is 2. The number of ether oxygens (including phenoxy) is 2. The summed E-state index contributed by atoms with van der Waals surface area (Å²) in [6.07, 6.45) is 2.68. The van der Waals surface area contributed by atoms with E-state index in [1.165, 1.54) is 19.5 Å². The number of aromatic hydroxyl groups is 1. The summed E-state index contributed by atoms with van der Waals surface area (Å²) in [5, 5.41) is 23.0. The highest BCUT2D eigenvalue weighted by molar-refractivity contribution is 5.87. The highest BCUT2D eigenvalue weighted by Gasteiger charge is 2.10. The van der Waals surface area contributed by atoms with Crippen LogP contribution in [0, 0.1) is 6.92 Å². The van der Waals surface area contributed by atoms with Crippen molar-refractivity contribution >= 4 is 12.1 Å². The lowest BCUT2D eigenvalue weighted by atomic mass is 10.1. The number of aliphatic hydroxyl groups is 1. The highest BCUT2D eigenvalue weighted by atomic mass is 16.5. The molecule has 0 fully saturated rings. The van der Waals surface area contributed by atoms with Gasteiger partial charge in [-0.25, -0.2) is 5.43 Å². The van der Waals surface area contributed by atoms with Gasteiger partial charge in [-0.1, -0.05) is 12.1 Å². The fourth-order valence-corrected chi connectivity index (χ4v) is 2.00. The fraction of sp³-hybridized carbons (Fsp3) is 0.235. The second kappa shape index (κ2) is 8.65. The van der Waals surface area contributed by atoms with E-state index in [9.17, 15) is 15.0 Å². The number of rotatable bonds is 7. The van der Waals surface area contributed by atoms with E-state index in [-0.39, 0.29) is 19.0 Å². The van der Waals surface area contributed by atoms with Crippen molar-refractivity contribution in [3.8, 4) is 17.2 Å². The first-order chi connectivity index (χ1) is 12.1. The van der Waals surface area contributed by atoms with Crippen molar-refractivity contribution in [3.05, 3.63) is 47.3 Å². The van der Waals surface area contributed by atoms with Crippen molar-refractivity contribution < 1.29 is 24.5 Å². The van der Waals surface area contributed by atoms with Gasteiger partial charge in [0.2, 0.25) is 0 Å². The number of aliphatic hydroxyl groups excluding tert-OH is 1. The molecule has 1 amide bonds. The number of nitrogens with one attached hydrogen (secondary N) is 1. The summed E-state index contributed by atoms with van der Waals surface area (Å²) in [6, 6.07) is 6.95. The maximum absolute atomic E-state index is 11.8. The van der Waals surface area contributed by atoms with Gasteiger partial charge in [0, 0.05) is 17.3 Å². The molecule has 0 atom stereocenters. The Hall–Kier alpha value is -3.13. The normalized spacial score (nSPS) is 10.7. The number of pyridine rings is 1. The SMILES string of the molecule is COc1ccccc1OCC(=O)N/N=C/c1c(CO)cnc(C)c1O. The average molecular weight is 345 g/mol. The molecule has 0 aliphatic heterocycles. The zero-order valence-corrected chi connectivity index (χ0v) is 13.9. The summed E-state index contributed by atoms with van der Waals surface area (Å²) in [5.41, 5.74) is 3.37. The van der Waals surface area contributed by atoms with Gasteiger partial charge in [0.05, 0.1) is 25.6 Å². The third-order valence-corrected chi connectivity index (χ3v) is 3.34. The number of carbonyl (C=O) groups excluding carboxylic acids is 1. The molecule has 0 saturated carbocycles. The Labute approximate surface area is 144 Å². The van der Waals surface area contributed by atoms with Crippen LogP contribution in [0.1, 0.15) is 16.8 Å².